The number of phenols is 1. The fourth-order valence-electron chi connectivity index (χ4n) is 5.11. The summed E-state index contributed by atoms with van der Waals surface area (Å²) in [7, 11) is 0. The number of ether oxygens (including phenoxy) is 1. The molecule has 3 aromatic carbocycles. The van der Waals surface area contributed by atoms with Gasteiger partial charge in [0.2, 0.25) is 5.88 Å². The number of para-hydroxylation sites is 1. The van der Waals surface area contributed by atoms with Crippen LogP contribution in [0.2, 0.25) is 0 Å². The van der Waals surface area contributed by atoms with Gasteiger partial charge in [-0.3, -0.25) is 4.57 Å². The number of phenolic OH excluding ortho intramolecular Hbond substituents is 1. The van der Waals surface area contributed by atoms with Gasteiger partial charge in [-0.1, -0.05) is 89.1 Å². The van der Waals surface area contributed by atoms with E-state index in [0.29, 0.717) is 11.6 Å². The Bertz CT molecular complexity index is 1860. The van der Waals surface area contributed by atoms with Crippen molar-refractivity contribution in [1.82, 2.24) is 14.5 Å². The van der Waals surface area contributed by atoms with Crippen LogP contribution in [0.15, 0.2) is 91.1 Å². The summed E-state index contributed by atoms with van der Waals surface area (Å²) in [5.41, 5.74) is 5.38. The second-order valence-corrected chi connectivity index (χ2v) is 12.5. The Kier molecular flexibility index (Phi) is 7.76. The van der Waals surface area contributed by atoms with Crippen molar-refractivity contribution >= 4 is 21.9 Å². The first kappa shape index (κ1) is 29.5. The van der Waals surface area contributed by atoms with Crippen LogP contribution in [0.4, 0.5) is 0 Å². The Morgan fingerprint density at radius 2 is 1.50 bits per heavy atom. The standard InChI is InChI=1S/C36H34N3O2.Pt/c1-35(2,3)24-16-17-31(40)29(20-24)23-11-9-12-26(19-23)41-33-22-25(36(4,5)6)21-32(38-33)39-30-15-8-7-13-27(30)28-14-10-18-37-34(28)39;/h7-18,20-22,40H,1-6H3;/q-1;. The molecule has 0 atom stereocenters. The predicted molar refractivity (Wildman–Crippen MR) is 166 cm³/mol. The molecule has 1 N–H and O–H groups in total. The summed E-state index contributed by atoms with van der Waals surface area (Å²) in [6, 6.07) is 31.3. The zero-order valence-corrected chi connectivity index (χ0v) is 26.9. The maximum atomic E-state index is 10.7. The molecule has 6 heteroatoms. The van der Waals surface area contributed by atoms with Crippen LogP contribution in [0.5, 0.6) is 17.4 Å². The quantitative estimate of drug-likeness (QED) is 0.184. The summed E-state index contributed by atoms with van der Waals surface area (Å²) >= 11 is 0. The number of fused-ring (bicyclic) bond motifs is 3. The van der Waals surface area contributed by atoms with Crippen LogP contribution in [-0.4, -0.2) is 19.6 Å². The van der Waals surface area contributed by atoms with Gasteiger partial charge in [0.1, 0.15) is 11.5 Å². The van der Waals surface area contributed by atoms with E-state index in [0.717, 1.165) is 50.0 Å². The first-order chi connectivity index (χ1) is 19.5. The molecular formula is C36H34N3O2Pt-. The van der Waals surface area contributed by atoms with E-state index >= 15 is 0 Å². The summed E-state index contributed by atoms with van der Waals surface area (Å²) < 4.78 is 8.49. The summed E-state index contributed by atoms with van der Waals surface area (Å²) in [5.74, 6) is 1.94. The van der Waals surface area contributed by atoms with Gasteiger partial charge in [-0.05, 0) is 46.7 Å². The van der Waals surface area contributed by atoms with Crippen LogP contribution in [0.25, 0.3) is 38.9 Å². The van der Waals surface area contributed by atoms with E-state index < -0.39 is 0 Å². The number of pyridine rings is 2. The molecule has 0 amide bonds. The fourth-order valence-corrected chi connectivity index (χ4v) is 5.11. The maximum Gasteiger partial charge on any atom is 0.219 e. The Labute approximate surface area is 261 Å². The van der Waals surface area contributed by atoms with Crippen molar-refractivity contribution in [1.29, 1.82) is 0 Å². The number of aromatic hydroxyl groups is 1. The van der Waals surface area contributed by atoms with E-state index in [-0.39, 0.29) is 37.6 Å². The number of nitrogens with zero attached hydrogens (tertiary/aromatic N) is 3. The smallest absolute Gasteiger partial charge is 0.219 e. The number of rotatable bonds is 4. The molecule has 0 aliphatic carbocycles. The van der Waals surface area contributed by atoms with E-state index in [9.17, 15) is 5.11 Å². The number of hydrogen-bond acceptors (Lipinski definition) is 4. The second-order valence-electron chi connectivity index (χ2n) is 12.5. The van der Waals surface area contributed by atoms with Crippen LogP contribution in [0.3, 0.4) is 0 Å². The van der Waals surface area contributed by atoms with Crippen molar-refractivity contribution in [2.45, 2.75) is 52.4 Å². The Hall–Kier alpha value is -3.95. The van der Waals surface area contributed by atoms with Gasteiger partial charge in [-0.15, -0.1) is 23.8 Å². The van der Waals surface area contributed by atoms with E-state index in [1.807, 2.05) is 60.8 Å². The molecule has 42 heavy (non-hydrogen) atoms. The fraction of sp³-hybridized carbons (Fsp3) is 0.222. The summed E-state index contributed by atoms with van der Waals surface area (Å²) in [6.07, 6.45) is 1.81. The van der Waals surface area contributed by atoms with Crippen molar-refractivity contribution in [2.75, 3.05) is 0 Å². The SMILES string of the molecule is CC(C)(C)c1cc(Oc2[c-]c(-c3cc(C(C)(C)C)ccc3O)ccc2)nc(-n2c3ccccc3c3cccnc32)c1.[Pt]. The average molecular weight is 736 g/mol. The van der Waals surface area contributed by atoms with E-state index in [4.69, 9.17) is 14.7 Å². The van der Waals surface area contributed by atoms with Crippen LogP contribution in [-0.2, 0) is 31.9 Å². The third-order valence-electron chi connectivity index (χ3n) is 7.45. The average Bonchev–Trinajstić information content (AvgIpc) is 3.27. The zero-order valence-electron chi connectivity index (χ0n) is 24.7. The minimum absolute atomic E-state index is 0. The number of aromatic nitrogens is 3. The van der Waals surface area contributed by atoms with E-state index in [1.165, 1.54) is 0 Å². The molecule has 3 aromatic heterocycles. The molecule has 216 valence electrons. The molecule has 0 spiro atoms. The number of hydrogen-bond donors (Lipinski definition) is 1. The van der Waals surface area contributed by atoms with Crippen LogP contribution < -0.4 is 4.74 Å². The summed E-state index contributed by atoms with van der Waals surface area (Å²) in [5, 5.41) is 12.9. The van der Waals surface area contributed by atoms with Gasteiger partial charge in [0.15, 0.2) is 0 Å². The Morgan fingerprint density at radius 1 is 0.762 bits per heavy atom. The second kappa shape index (κ2) is 11.0. The molecule has 0 saturated heterocycles. The Balaban J connectivity index is 0.00000353. The van der Waals surface area contributed by atoms with E-state index in [2.05, 4.69) is 76.4 Å². The molecule has 6 rings (SSSR count). The predicted octanol–water partition coefficient (Wildman–Crippen LogP) is 9.13. The van der Waals surface area contributed by atoms with Crippen LogP contribution >= 0.6 is 0 Å². The third kappa shape index (κ3) is 5.58. The minimum Gasteiger partial charge on any atom is -0.517 e. The molecule has 0 bridgehead atoms. The van der Waals surface area contributed by atoms with Gasteiger partial charge < -0.3 is 9.84 Å². The van der Waals surface area contributed by atoms with Gasteiger partial charge in [0.05, 0.1) is 11.3 Å². The molecular weight excluding hydrogens is 701 g/mol. The monoisotopic (exact) mass is 735 g/mol. The molecule has 0 aliphatic heterocycles. The normalized spacial score (nSPS) is 12.0. The van der Waals surface area contributed by atoms with Crippen molar-refractivity contribution in [3.8, 4) is 34.3 Å². The van der Waals surface area contributed by atoms with E-state index in [1.54, 1.807) is 6.07 Å². The summed E-state index contributed by atoms with van der Waals surface area (Å²) in [4.78, 5) is 9.71. The van der Waals surface area contributed by atoms with Crippen molar-refractivity contribution in [3.05, 3.63) is 108 Å². The molecule has 0 saturated carbocycles. The van der Waals surface area contributed by atoms with Gasteiger partial charge in [-0.25, -0.2) is 4.98 Å². The van der Waals surface area contributed by atoms with Gasteiger partial charge in [0.25, 0.3) is 0 Å². The van der Waals surface area contributed by atoms with Gasteiger partial charge >= 0.3 is 0 Å². The molecule has 0 unspecified atom stereocenters. The minimum atomic E-state index is -0.146. The van der Waals surface area contributed by atoms with Gasteiger partial charge in [0, 0.05) is 49.9 Å². The first-order valence-corrected chi connectivity index (χ1v) is 13.9. The van der Waals surface area contributed by atoms with Crippen molar-refractivity contribution in [3.63, 3.8) is 0 Å². The topological polar surface area (TPSA) is 60.2 Å². The molecule has 5 nitrogen and oxygen atoms in total. The van der Waals surface area contributed by atoms with Crippen molar-refractivity contribution in [2.24, 2.45) is 0 Å². The van der Waals surface area contributed by atoms with Crippen LogP contribution in [0, 0.1) is 6.07 Å². The zero-order chi connectivity index (χ0) is 28.9. The molecule has 3 heterocycles. The number of benzene rings is 3. The molecule has 0 fully saturated rings. The maximum absolute atomic E-state index is 10.7. The first-order valence-electron chi connectivity index (χ1n) is 13.9. The molecule has 0 aliphatic rings. The molecule has 0 radical (unpaired) electrons. The van der Waals surface area contributed by atoms with Crippen molar-refractivity contribution < 1.29 is 30.9 Å². The summed E-state index contributed by atoms with van der Waals surface area (Å²) in [6.45, 7) is 13.0. The van der Waals surface area contributed by atoms with Crippen LogP contribution in [0.1, 0.15) is 52.7 Å². The third-order valence-corrected chi connectivity index (χ3v) is 7.45. The Morgan fingerprint density at radius 3 is 2.26 bits per heavy atom. The largest absolute Gasteiger partial charge is 0.517 e. The van der Waals surface area contributed by atoms with Gasteiger partial charge in [-0.2, -0.15) is 4.98 Å². The molecule has 6 aromatic rings.